The average Bonchev–Trinajstić information content (AvgIpc) is 3.20. The molecule has 0 radical (unpaired) electrons. The highest BCUT2D eigenvalue weighted by molar-refractivity contribution is 5.77. The molecular formula is C15H18FN3. The van der Waals surface area contributed by atoms with Gasteiger partial charge in [-0.1, -0.05) is 12.5 Å². The molecule has 1 unspecified atom stereocenters. The van der Waals surface area contributed by atoms with Crippen LogP contribution in [-0.2, 0) is 0 Å². The molecule has 4 rings (SSSR count). The van der Waals surface area contributed by atoms with Crippen molar-refractivity contribution < 1.29 is 4.39 Å². The fraction of sp³-hybridized carbons (Fsp3) is 0.533. The molecule has 1 aromatic heterocycles. The van der Waals surface area contributed by atoms with E-state index in [0.29, 0.717) is 17.6 Å². The first-order valence-electron chi connectivity index (χ1n) is 7.24. The van der Waals surface area contributed by atoms with E-state index in [2.05, 4.69) is 14.9 Å². The van der Waals surface area contributed by atoms with Gasteiger partial charge < -0.3 is 9.88 Å². The zero-order valence-corrected chi connectivity index (χ0v) is 10.9. The molecule has 19 heavy (non-hydrogen) atoms. The van der Waals surface area contributed by atoms with Gasteiger partial charge in [-0.05, 0) is 44.4 Å². The van der Waals surface area contributed by atoms with Crippen LogP contribution < -0.4 is 5.32 Å². The van der Waals surface area contributed by atoms with E-state index in [0.717, 1.165) is 24.3 Å². The summed E-state index contributed by atoms with van der Waals surface area (Å²) < 4.78 is 16.2. The fourth-order valence-corrected chi connectivity index (χ4v) is 3.14. The highest BCUT2D eigenvalue weighted by Crippen LogP contribution is 2.41. The Bertz CT molecular complexity index is 609. The van der Waals surface area contributed by atoms with E-state index in [4.69, 9.17) is 0 Å². The molecule has 3 nitrogen and oxygen atoms in total. The Balaban J connectivity index is 1.88. The van der Waals surface area contributed by atoms with E-state index >= 15 is 0 Å². The Morgan fingerprint density at radius 3 is 2.84 bits per heavy atom. The van der Waals surface area contributed by atoms with Gasteiger partial charge in [0.25, 0.3) is 0 Å². The molecule has 2 aromatic rings. The van der Waals surface area contributed by atoms with Crippen molar-refractivity contribution in [2.75, 3.05) is 6.54 Å². The average molecular weight is 259 g/mol. The summed E-state index contributed by atoms with van der Waals surface area (Å²) in [5.74, 6) is 0.844. The molecule has 100 valence electrons. The molecule has 2 fully saturated rings. The van der Waals surface area contributed by atoms with E-state index in [9.17, 15) is 4.39 Å². The van der Waals surface area contributed by atoms with E-state index in [1.54, 1.807) is 6.07 Å². The zero-order valence-electron chi connectivity index (χ0n) is 10.9. The summed E-state index contributed by atoms with van der Waals surface area (Å²) in [5, 5.41) is 3.53. The van der Waals surface area contributed by atoms with E-state index < -0.39 is 0 Å². The molecule has 0 bridgehead atoms. The number of para-hydroxylation sites is 1. The minimum absolute atomic E-state index is 0.200. The number of hydrogen-bond acceptors (Lipinski definition) is 2. The van der Waals surface area contributed by atoms with Crippen LogP contribution in [0.25, 0.3) is 11.0 Å². The smallest absolute Gasteiger partial charge is 0.151 e. The van der Waals surface area contributed by atoms with Gasteiger partial charge in [0.2, 0.25) is 0 Å². The Hall–Kier alpha value is -1.42. The number of nitrogens with zero attached hydrogens (tertiary/aromatic N) is 2. The molecule has 1 saturated carbocycles. The van der Waals surface area contributed by atoms with Gasteiger partial charge in [0.15, 0.2) is 5.82 Å². The maximum Gasteiger partial charge on any atom is 0.151 e. The number of benzene rings is 1. The monoisotopic (exact) mass is 259 g/mol. The topological polar surface area (TPSA) is 29.9 Å². The Labute approximate surface area is 111 Å². The SMILES string of the molecule is Fc1cccc2c1nc(C1CCCCN1)n2C1CC1. The van der Waals surface area contributed by atoms with E-state index in [1.165, 1.54) is 31.7 Å². The number of rotatable bonds is 2. The van der Waals surface area contributed by atoms with Crippen LogP contribution in [0.3, 0.4) is 0 Å². The first-order valence-corrected chi connectivity index (χ1v) is 7.24. The summed E-state index contributed by atoms with van der Waals surface area (Å²) in [6, 6.07) is 6.11. The molecule has 1 atom stereocenters. The van der Waals surface area contributed by atoms with Crippen molar-refractivity contribution in [1.82, 2.24) is 14.9 Å². The summed E-state index contributed by atoms with van der Waals surface area (Å²) >= 11 is 0. The van der Waals surface area contributed by atoms with Crippen LogP contribution in [0.15, 0.2) is 18.2 Å². The molecular weight excluding hydrogens is 241 g/mol. The van der Waals surface area contributed by atoms with Gasteiger partial charge in [-0.2, -0.15) is 0 Å². The second kappa shape index (κ2) is 4.30. The van der Waals surface area contributed by atoms with Crippen molar-refractivity contribution in [3.8, 4) is 0 Å². The number of aromatic nitrogens is 2. The van der Waals surface area contributed by atoms with Crippen molar-refractivity contribution in [2.24, 2.45) is 0 Å². The van der Waals surface area contributed by atoms with Crippen LogP contribution in [0.2, 0.25) is 0 Å². The molecule has 1 aliphatic carbocycles. The van der Waals surface area contributed by atoms with Crippen LogP contribution in [0, 0.1) is 5.82 Å². The molecule has 1 saturated heterocycles. The Kier molecular flexibility index (Phi) is 2.58. The molecule has 0 spiro atoms. The maximum atomic E-state index is 13.9. The molecule has 4 heteroatoms. The highest BCUT2D eigenvalue weighted by atomic mass is 19.1. The van der Waals surface area contributed by atoms with Gasteiger partial charge in [-0.3, -0.25) is 0 Å². The number of imidazole rings is 1. The van der Waals surface area contributed by atoms with Crippen LogP contribution in [-0.4, -0.2) is 16.1 Å². The molecule has 0 amide bonds. The third kappa shape index (κ3) is 1.86. The summed E-state index contributed by atoms with van der Waals surface area (Å²) in [4.78, 5) is 4.62. The quantitative estimate of drug-likeness (QED) is 0.896. The maximum absolute atomic E-state index is 13.9. The Morgan fingerprint density at radius 2 is 2.11 bits per heavy atom. The normalized spacial score (nSPS) is 23.9. The Morgan fingerprint density at radius 1 is 1.21 bits per heavy atom. The standard InChI is InChI=1S/C15H18FN3/c16-11-4-3-6-13-14(11)18-15(19(13)10-7-8-10)12-5-1-2-9-17-12/h3-4,6,10,12,17H,1-2,5,7-9H2. The largest absolute Gasteiger partial charge is 0.323 e. The van der Waals surface area contributed by atoms with Gasteiger partial charge in [-0.15, -0.1) is 0 Å². The van der Waals surface area contributed by atoms with Crippen molar-refractivity contribution in [3.63, 3.8) is 0 Å². The van der Waals surface area contributed by atoms with E-state index in [-0.39, 0.29) is 5.82 Å². The lowest BCUT2D eigenvalue weighted by atomic mass is 10.0. The summed E-state index contributed by atoms with van der Waals surface area (Å²) in [6.45, 7) is 1.04. The second-order valence-corrected chi connectivity index (χ2v) is 5.68. The summed E-state index contributed by atoms with van der Waals surface area (Å²) in [5.41, 5.74) is 1.50. The third-order valence-corrected chi connectivity index (χ3v) is 4.23. The predicted molar refractivity (Wildman–Crippen MR) is 72.6 cm³/mol. The third-order valence-electron chi connectivity index (χ3n) is 4.23. The second-order valence-electron chi connectivity index (χ2n) is 5.68. The lowest BCUT2D eigenvalue weighted by molar-refractivity contribution is 0.387. The van der Waals surface area contributed by atoms with Crippen molar-refractivity contribution >= 4 is 11.0 Å². The predicted octanol–water partition coefficient (Wildman–Crippen LogP) is 3.32. The van der Waals surface area contributed by atoms with Crippen LogP contribution >= 0.6 is 0 Å². The van der Waals surface area contributed by atoms with Crippen molar-refractivity contribution in [3.05, 3.63) is 29.8 Å². The highest BCUT2D eigenvalue weighted by Gasteiger charge is 2.31. The van der Waals surface area contributed by atoms with Gasteiger partial charge >= 0.3 is 0 Å². The lowest BCUT2D eigenvalue weighted by Crippen LogP contribution is -2.29. The molecule has 2 heterocycles. The van der Waals surface area contributed by atoms with E-state index in [1.807, 2.05) is 6.07 Å². The number of fused-ring (bicyclic) bond motifs is 1. The fourth-order valence-electron chi connectivity index (χ4n) is 3.14. The minimum Gasteiger partial charge on any atom is -0.323 e. The van der Waals surface area contributed by atoms with Gasteiger partial charge in [-0.25, -0.2) is 9.37 Å². The first-order chi connectivity index (χ1) is 9.34. The van der Waals surface area contributed by atoms with Crippen LogP contribution in [0.5, 0.6) is 0 Å². The number of hydrogen-bond donors (Lipinski definition) is 1. The van der Waals surface area contributed by atoms with Gasteiger partial charge in [0.1, 0.15) is 11.3 Å². The molecule has 1 aliphatic heterocycles. The van der Waals surface area contributed by atoms with Crippen molar-refractivity contribution in [2.45, 2.75) is 44.2 Å². The summed E-state index contributed by atoms with van der Waals surface area (Å²) in [7, 11) is 0. The zero-order chi connectivity index (χ0) is 12.8. The number of halogens is 1. The van der Waals surface area contributed by atoms with Crippen LogP contribution in [0.1, 0.15) is 50.0 Å². The summed E-state index contributed by atoms with van der Waals surface area (Å²) in [6.07, 6.45) is 5.96. The first kappa shape index (κ1) is 11.4. The van der Waals surface area contributed by atoms with Gasteiger partial charge in [0.05, 0.1) is 11.6 Å². The molecule has 1 N–H and O–H groups in total. The molecule has 2 aliphatic rings. The lowest BCUT2D eigenvalue weighted by Gasteiger charge is -2.24. The van der Waals surface area contributed by atoms with Crippen LogP contribution in [0.4, 0.5) is 4.39 Å². The molecule has 1 aromatic carbocycles. The minimum atomic E-state index is -0.200. The number of nitrogens with one attached hydrogen (secondary N) is 1. The van der Waals surface area contributed by atoms with Gasteiger partial charge in [0, 0.05) is 6.04 Å². The van der Waals surface area contributed by atoms with Crippen molar-refractivity contribution in [1.29, 1.82) is 0 Å². The number of piperidine rings is 1.